The van der Waals surface area contributed by atoms with E-state index in [2.05, 4.69) is 58.4 Å². The van der Waals surface area contributed by atoms with Crippen LogP contribution in [-0.2, 0) is 7.05 Å². The molecule has 2 heterocycles. The molecule has 1 N–H and O–H groups in total. The molecule has 33 heavy (non-hydrogen) atoms. The van der Waals surface area contributed by atoms with Gasteiger partial charge in [-0.15, -0.1) is 0 Å². The summed E-state index contributed by atoms with van der Waals surface area (Å²) in [6.07, 6.45) is 5.76. The molecule has 0 unspecified atom stereocenters. The molecule has 0 radical (unpaired) electrons. The maximum Gasteiger partial charge on any atom is 0.124 e. The van der Waals surface area contributed by atoms with E-state index in [1.165, 1.54) is 0 Å². The van der Waals surface area contributed by atoms with Crippen LogP contribution in [0.3, 0.4) is 0 Å². The van der Waals surface area contributed by atoms with Crippen LogP contribution in [0.1, 0.15) is 13.8 Å². The second-order valence-electron chi connectivity index (χ2n) is 8.34. The SMILES string of the molecule is COc1cc(OC)cc(N(CCNC(C)C)c2ccc3ncc(-c4cnn(C)c4)cc3c2)c1. The third kappa shape index (κ3) is 5.26. The number of ether oxygens (including phenoxy) is 2. The topological polar surface area (TPSA) is 64.4 Å². The summed E-state index contributed by atoms with van der Waals surface area (Å²) in [6, 6.07) is 14.9. The summed E-state index contributed by atoms with van der Waals surface area (Å²) >= 11 is 0. The van der Waals surface area contributed by atoms with Crippen molar-refractivity contribution in [2.24, 2.45) is 7.05 Å². The van der Waals surface area contributed by atoms with E-state index in [-0.39, 0.29) is 0 Å². The van der Waals surface area contributed by atoms with Crippen molar-refractivity contribution in [3.8, 4) is 22.6 Å². The van der Waals surface area contributed by atoms with Gasteiger partial charge in [0, 0.05) is 84.7 Å². The Morgan fingerprint density at radius 3 is 2.33 bits per heavy atom. The van der Waals surface area contributed by atoms with Gasteiger partial charge in [-0.1, -0.05) is 13.8 Å². The van der Waals surface area contributed by atoms with Crippen molar-refractivity contribution in [3.05, 3.63) is 61.1 Å². The van der Waals surface area contributed by atoms with Gasteiger partial charge in [-0.05, 0) is 24.3 Å². The first-order chi connectivity index (χ1) is 16.0. The monoisotopic (exact) mass is 445 g/mol. The van der Waals surface area contributed by atoms with Crippen LogP contribution in [0.15, 0.2) is 61.1 Å². The second kappa shape index (κ2) is 9.92. The number of hydrogen-bond donors (Lipinski definition) is 1. The van der Waals surface area contributed by atoms with E-state index in [0.717, 1.165) is 58.0 Å². The fraction of sp³-hybridized carbons (Fsp3) is 0.308. The van der Waals surface area contributed by atoms with Crippen LogP contribution in [0.25, 0.3) is 22.0 Å². The van der Waals surface area contributed by atoms with Crippen LogP contribution in [-0.4, -0.2) is 48.1 Å². The minimum Gasteiger partial charge on any atom is -0.497 e. The van der Waals surface area contributed by atoms with Gasteiger partial charge in [-0.25, -0.2) is 0 Å². The van der Waals surface area contributed by atoms with E-state index in [4.69, 9.17) is 9.47 Å². The Kier molecular flexibility index (Phi) is 6.79. The van der Waals surface area contributed by atoms with E-state index in [1.54, 1.807) is 18.9 Å². The first kappa shape index (κ1) is 22.6. The first-order valence-corrected chi connectivity index (χ1v) is 11.1. The van der Waals surface area contributed by atoms with Gasteiger partial charge in [0.05, 0.1) is 25.9 Å². The lowest BCUT2D eigenvalue weighted by Crippen LogP contribution is -2.32. The van der Waals surface area contributed by atoms with Gasteiger partial charge in [0.25, 0.3) is 0 Å². The molecule has 0 aliphatic heterocycles. The molecule has 0 saturated carbocycles. The highest BCUT2D eigenvalue weighted by Gasteiger charge is 2.14. The number of anilines is 2. The minimum atomic E-state index is 0.412. The molecule has 0 atom stereocenters. The van der Waals surface area contributed by atoms with Crippen LogP contribution < -0.4 is 19.7 Å². The molecule has 2 aromatic heterocycles. The summed E-state index contributed by atoms with van der Waals surface area (Å²) < 4.78 is 12.8. The Morgan fingerprint density at radius 2 is 1.70 bits per heavy atom. The van der Waals surface area contributed by atoms with Crippen molar-refractivity contribution in [1.82, 2.24) is 20.1 Å². The van der Waals surface area contributed by atoms with Crippen molar-refractivity contribution < 1.29 is 9.47 Å². The maximum absolute atomic E-state index is 5.52. The fourth-order valence-corrected chi connectivity index (χ4v) is 3.84. The minimum absolute atomic E-state index is 0.412. The van der Waals surface area contributed by atoms with Crippen molar-refractivity contribution in [2.75, 3.05) is 32.2 Å². The normalized spacial score (nSPS) is 11.2. The van der Waals surface area contributed by atoms with Gasteiger partial charge >= 0.3 is 0 Å². The lowest BCUT2D eigenvalue weighted by molar-refractivity contribution is 0.394. The molecule has 0 amide bonds. The zero-order chi connectivity index (χ0) is 23.4. The van der Waals surface area contributed by atoms with E-state index in [9.17, 15) is 0 Å². The third-order valence-electron chi connectivity index (χ3n) is 5.55. The zero-order valence-electron chi connectivity index (χ0n) is 19.9. The number of nitrogens with zero attached hydrogens (tertiary/aromatic N) is 4. The average Bonchev–Trinajstić information content (AvgIpc) is 3.26. The van der Waals surface area contributed by atoms with Gasteiger partial charge in [0.1, 0.15) is 11.5 Å². The Morgan fingerprint density at radius 1 is 0.939 bits per heavy atom. The van der Waals surface area contributed by atoms with Gasteiger partial charge in [0.2, 0.25) is 0 Å². The quantitative estimate of drug-likeness (QED) is 0.400. The highest BCUT2D eigenvalue weighted by Crippen LogP contribution is 2.34. The highest BCUT2D eigenvalue weighted by molar-refractivity contribution is 5.87. The molecule has 2 aromatic carbocycles. The summed E-state index contributed by atoms with van der Waals surface area (Å²) in [6.45, 7) is 5.93. The number of aryl methyl sites for hydroxylation is 1. The van der Waals surface area contributed by atoms with Crippen LogP contribution in [0, 0.1) is 0 Å². The van der Waals surface area contributed by atoms with Crippen LogP contribution in [0.5, 0.6) is 11.5 Å². The molecule has 0 spiro atoms. The van der Waals surface area contributed by atoms with Crippen LogP contribution in [0.4, 0.5) is 11.4 Å². The number of aromatic nitrogens is 3. The maximum atomic E-state index is 5.52. The van der Waals surface area contributed by atoms with E-state index in [1.807, 2.05) is 43.8 Å². The highest BCUT2D eigenvalue weighted by atomic mass is 16.5. The average molecular weight is 446 g/mol. The molecule has 4 aromatic rings. The Bertz CT molecular complexity index is 1210. The summed E-state index contributed by atoms with van der Waals surface area (Å²) in [4.78, 5) is 6.95. The first-order valence-electron chi connectivity index (χ1n) is 11.1. The summed E-state index contributed by atoms with van der Waals surface area (Å²) in [5.41, 5.74) is 5.13. The number of methoxy groups -OCH3 is 2. The lowest BCUT2D eigenvalue weighted by Gasteiger charge is -2.27. The Hall–Kier alpha value is -3.58. The number of benzene rings is 2. The molecule has 4 rings (SSSR count). The predicted molar refractivity (Wildman–Crippen MR) is 134 cm³/mol. The Labute approximate surface area is 195 Å². The molecular weight excluding hydrogens is 414 g/mol. The molecule has 0 fully saturated rings. The molecule has 0 aliphatic carbocycles. The zero-order valence-corrected chi connectivity index (χ0v) is 19.9. The van der Waals surface area contributed by atoms with E-state index in [0.29, 0.717) is 6.04 Å². The van der Waals surface area contributed by atoms with Crippen LogP contribution in [0.2, 0.25) is 0 Å². The standard InChI is InChI=1S/C26H31N5O2/c1-18(2)27-8-9-31(23-12-24(32-4)14-25(13-23)33-5)22-6-7-26-19(11-22)10-20(15-28-26)21-16-29-30(3)17-21/h6-7,10-18,27H,8-9H2,1-5H3. The van der Waals surface area contributed by atoms with Gasteiger partial charge in [-0.3, -0.25) is 9.67 Å². The van der Waals surface area contributed by atoms with E-state index >= 15 is 0 Å². The number of rotatable bonds is 9. The molecule has 7 nitrogen and oxygen atoms in total. The van der Waals surface area contributed by atoms with Crippen LogP contribution >= 0.6 is 0 Å². The van der Waals surface area contributed by atoms with Gasteiger partial charge < -0.3 is 19.7 Å². The van der Waals surface area contributed by atoms with Gasteiger partial charge in [-0.2, -0.15) is 5.10 Å². The van der Waals surface area contributed by atoms with Crippen molar-refractivity contribution in [3.63, 3.8) is 0 Å². The molecule has 0 aliphatic rings. The molecule has 7 heteroatoms. The summed E-state index contributed by atoms with van der Waals surface area (Å²) in [5.74, 6) is 1.51. The predicted octanol–water partition coefficient (Wildman–Crippen LogP) is 4.79. The number of hydrogen-bond acceptors (Lipinski definition) is 6. The van der Waals surface area contributed by atoms with Crippen molar-refractivity contribution in [1.29, 1.82) is 0 Å². The van der Waals surface area contributed by atoms with Crippen molar-refractivity contribution in [2.45, 2.75) is 19.9 Å². The summed E-state index contributed by atoms with van der Waals surface area (Å²) in [5, 5.41) is 8.88. The number of nitrogens with one attached hydrogen (secondary N) is 1. The fourth-order valence-electron chi connectivity index (χ4n) is 3.84. The second-order valence-corrected chi connectivity index (χ2v) is 8.34. The van der Waals surface area contributed by atoms with Gasteiger partial charge in [0.15, 0.2) is 0 Å². The molecule has 0 saturated heterocycles. The summed E-state index contributed by atoms with van der Waals surface area (Å²) in [7, 11) is 5.26. The number of fused-ring (bicyclic) bond motifs is 1. The lowest BCUT2D eigenvalue weighted by atomic mass is 10.1. The third-order valence-corrected chi connectivity index (χ3v) is 5.55. The molecule has 172 valence electrons. The van der Waals surface area contributed by atoms with Crippen molar-refractivity contribution >= 4 is 22.3 Å². The molecule has 0 bridgehead atoms. The number of pyridine rings is 1. The smallest absolute Gasteiger partial charge is 0.124 e. The largest absolute Gasteiger partial charge is 0.497 e. The Balaban J connectivity index is 1.76. The van der Waals surface area contributed by atoms with E-state index < -0.39 is 0 Å². The molecular formula is C26H31N5O2.